The summed E-state index contributed by atoms with van der Waals surface area (Å²) in [5.41, 5.74) is 3.18. The molecule has 1 aromatic carbocycles. The lowest BCUT2D eigenvalue weighted by molar-refractivity contribution is 0.0776. The molecule has 38 heavy (non-hydrogen) atoms. The van der Waals surface area contributed by atoms with Crippen molar-refractivity contribution in [2.24, 2.45) is 5.92 Å². The molecule has 5 rings (SSSR count). The Balaban J connectivity index is 1.39. The van der Waals surface area contributed by atoms with Crippen LogP contribution in [0.2, 0.25) is 0 Å². The lowest BCUT2D eigenvalue weighted by Crippen LogP contribution is -2.34. The maximum atomic E-state index is 11.2. The molecular formula is C26H35N7O5. The number of hydrogen-bond donors (Lipinski definition) is 5. The predicted octanol–water partition coefficient (Wildman–Crippen LogP) is 2.81. The molecule has 1 amide bonds. The van der Waals surface area contributed by atoms with Gasteiger partial charge in [0.05, 0.1) is 32.5 Å². The van der Waals surface area contributed by atoms with Gasteiger partial charge in [0, 0.05) is 31.4 Å². The molecule has 0 bridgehead atoms. The Morgan fingerprint density at radius 3 is 2.76 bits per heavy atom. The first-order valence-electron chi connectivity index (χ1n) is 13.1. The maximum absolute atomic E-state index is 11.2. The highest BCUT2D eigenvalue weighted by molar-refractivity contribution is 5.89. The van der Waals surface area contributed by atoms with Crippen molar-refractivity contribution in [2.75, 3.05) is 37.6 Å². The van der Waals surface area contributed by atoms with Gasteiger partial charge in [-0.3, -0.25) is 10.00 Å². The van der Waals surface area contributed by atoms with E-state index in [1.54, 1.807) is 18.0 Å². The van der Waals surface area contributed by atoms with Gasteiger partial charge in [-0.15, -0.1) is 0 Å². The summed E-state index contributed by atoms with van der Waals surface area (Å²) >= 11 is 0. The Labute approximate surface area is 220 Å². The number of aliphatic hydroxyl groups is 1. The van der Waals surface area contributed by atoms with E-state index in [1.807, 2.05) is 12.1 Å². The van der Waals surface area contributed by atoms with E-state index in [4.69, 9.17) is 9.47 Å². The highest BCUT2D eigenvalue weighted by Gasteiger charge is 2.26. The second-order valence-electron chi connectivity index (χ2n) is 9.98. The van der Waals surface area contributed by atoms with Crippen LogP contribution in [0.1, 0.15) is 43.2 Å². The highest BCUT2D eigenvalue weighted by Crippen LogP contribution is 2.35. The van der Waals surface area contributed by atoms with Crippen LogP contribution in [-0.2, 0) is 17.8 Å². The molecule has 1 atom stereocenters. The molecule has 12 heteroatoms. The van der Waals surface area contributed by atoms with Gasteiger partial charge in [0.25, 0.3) is 0 Å². The molecule has 1 saturated carbocycles. The molecule has 204 valence electrons. The van der Waals surface area contributed by atoms with Crippen molar-refractivity contribution in [1.82, 2.24) is 25.1 Å². The predicted molar refractivity (Wildman–Crippen MR) is 142 cm³/mol. The quantitative estimate of drug-likeness (QED) is 0.238. The van der Waals surface area contributed by atoms with Crippen molar-refractivity contribution in [1.29, 1.82) is 0 Å². The minimum atomic E-state index is -1.25. The van der Waals surface area contributed by atoms with Crippen molar-refractivity contribution < 1.29 is 24.5 Å². The van der Waals surface area contributed by atoms with Crippen molar-refractivity contribution in [3.05, 3.63) is 35.5 Å². The molecule has 2 aromatic heterocycles. The third-order valence-electron chi connectivity index (χ3n) is 7.07. The van der Waals surface area contributed by atoms with Crippen LogP contribution in [0.3, 0.4) is 0 Å². The lowest BCUT2D eigenvalue weighted by Gasteiger charge is -2.23. The number of amides is 1. The van der Waals surface area contributed by atoms with Gasteiger partial charge in [0.15, 0.2) is 5.82 Å². The molecule has 1 aliphatic heterocycles. The highest BCUT2D eigenvalue weighted by atomic mass is 16.5. The van der Waals surface area contributed by atoms with Gasteiger partial charge >= 0.3 is 6.09 Å². The molecule has 3 heterocycles. The van der Waals surface area contributed by atoms with Crippen LogP contribution in [-0.4, -0.2) is 75.1 Å². The van der Waals surface area contributed by atoms with E-state index in [1.165, 1.54) is 0 Å². The summed E-state index contributed by atoms with van der Waals surface area (Å²) in [5.74, 6) is 1.71. The SMILES string of the molecule is COc1cc(CNC2CCOCC2)ccc1Cn1ncc2nc(NC(=O)O)nc(N[C@H](CO)CC3CC3)c21. The second kappa shape index (κ2) is 11.9. The zero-order valence-electron chi connectivity index (χ0n) is 21.5. The van der Waals surface area contributed by atoms with Crippen LogP contribution in [0.25, 0.3) is 11.0 Å². The number of benzene rings is 1. The molecular weight excluding hydrogens is 490 g/mol. The lowest BCUT2D eigenvalue weighted by atomic mass is 10.1. The topological polar surface area (TPSA) is 156 Å². The number of aromatic nitrogens is 4. The summed E-state index contributed by atoms with van der Waals surface area (Å²) in [6.45, 7) is 2.68. The average molecular weight is 526 g/mol. The van der Waals surface area contributed by atoms with E-state index >= 15 is 0 Å². The number of fused-ring (bicyclic) bond motifs is 1. The number of nitrogens with one attached hydrogen (secondary N) is 3. The van der Waals surface area contributed by atoms with Crippen molar-refractivity contribution in [2.45, 2.75) is 57.3 Å². The van der Waals surface area contributed by atoms with Crippen LogP contribution >= 0.6 is 0 Å². The summed E-state index contributed by atoms with van der Waals surface area (Å²) in [7, 11) is 1.65. The molecule has 1 aliphatic carbocycles. The van der Waals surface area contributed by atoms with E-state index in [2.05, 4.69) is 37.1 Å². The number of carboxylic acid groups (broad SMARTS) is 1. The number of anilines is 2. The van der Waals surface area contributed by atoms with Gasteiger partial charge in [-0.05, 0) is 36.8 Å². The normalized spacial score (nSPS) is 16.9. The molecule has 0 unspecified atom stereocenters. The molecule has 2 aliphatic rings. The number of carbonyl (C=O) groups is 1. The molecule has 2 fully saturated rings. The van der Waals surface area contributed by atoms with Crippen LogP contribution < -0.4 is 20.7 Å². The molecule has 5 N–H and O–H groups in total. The number of nitrogens with zero attached hydrogens (tertiary/aromatic N) is 4. The summed E-state index contributed by atoms with van der Waals surface area (Å²) in [6, 6.07) is 6.40. The van der Waals surface area contributed by atoms with Gasteiger partial charge in [-0.2, -0.15) is 10.1 Å². The van der Waals surface area contributed by atoms with Crippen molar-refractivity contribution in [3.63, 3.8) is 0 Å². The van der Waals surface area contributed by atoms with Crippen molar-refractivity contribution >= 4 is 28.9 Å². The summed E-state index contributed by atoms with van der Waals surface area (Å²) in [4.78, 5) is 20.0. The summed E-state index contributed by atoms with van der Waals surface area (Å²) < 4.78 is 12.9. The van der Waals surface area contributed by atoms with E-state index in [9.17, 15) is 15.0 Å². The largest absolute Gasteiger partial charge is 0.496 e. The van der Waals surface area contributed by atoms with Gasteiger partial charge < -0.3 is 30.3 Å². The molecule has 3 aromatic rings. The van der Waals surface area contributed by atoms with Crippen LogP contribution in [0.15, 0.2) is 24.4 Å². The van der Waals surface area contributed by atoms with Gasteiger partial charge in [0.2, 0.25) is 5.95 Å². The maximum Gasteiger partial charge on any atom is 0.411 e. The molecule has 1 saturated heterocycles. The minimum Gasteiger partial charge on any atom is -0.496 e. The monoisotopic (exact) mass is 525 g/mol. The first kappa shape index (κ1) is 26.1. The van der Waals surface area contributed by atoms with Gasteiger partial charge in [-0.1, -0.05) is 25.0 Å². The van der Waals surface area contributed by atoms with Crippen LogP contribution in [0, 0.1) is 5.92 Å². The summed E-state index contributed by atoms with van der Waals surface area (Å²) in [6.07, 6.45) is 5.49. The zero-order valence-corrected chi connectivity index (χ0v) is 21.5. The van der Waals surface area contributed by atoms with Crippen molar-refractivity contribution in [3.8, 4) is 5.75 Å². The second-order valence-corrected chi connectivity index (χ2v) is 9.98. The number of ether oxygens (including phenoxy) is 2. The average Bonchev–Trinajstić information content (AvgIpc) is 3.65. The van der Waals surface area contributed by atoms with Crippen LogP contribution in [0.4, 0.5) is 16.6 Å². The number of hydrogen-bond acceptors (Lipinski definition) is 9. The third-order valence-corrected chi connectivity index (χ3v) is 7.07. The fraction of sp³-hybridized carbons (Fsp3) is 0.538. The standard InChI is InChI=1S/C26H35N7O5/c1-37-22-11-17(12-27-19-6-8-38-9-7-19)4-5-18(22)14-33-23-21(13-28-33)30-25(32-26(35)36)31-24(23)29-20(15-34)10-16-2-3-16/h4-5,11,13,16,19-20,27,34H,2-3,6-10,12,14-15H2,1H3,(H,35,36)(H2,29,30,31,32)/t20-/m0/s1. The van der Waals surface area contributed by atoms with Gasteiger partial charge in [0.1, 0.15) is 16.8 Å². The van der Waals surface area contributed by atoms with E-state index < -0.39 is 6.09 Å². The first-order valence-corrected chi connectivity index (χ1v) is 13.1. The molecule has 12 nitrogen and oxygen atoms in total. The Morgan fingerprint density at radius 2 is 2.05 bits per heavy atom. The van der Waals surface area contributed by atoms with E-state index in [-0.39, 0.29) is 18.6 Å². The number of methoxy groups -OCH3 is 1. The summed E-state index contributed by atoms with van der Waals surface area (Å²) in [5, 5.41) is 32.8. The smallest absolute Gasteiger partial charge is 0.411 e. The Kier molecular flexibility index (Phi) is 8.20. The molecule has 0 spiro atoms. The fourth-order valence-corrected chi connectivity index (χ4v) is 4.85. The fourth-order valence-electron chi connectivity index (χ4n) is 4.85. The van der Waals surface area contributed by atoms with E-state index in [0.29, 0.717) is 35.4 Å². The van der Waals surface area contributed by atoms with E-state index in [0.717, 1.165) is 68.7 Å². The van der Waals surface area contributed by atoms with Crippen LogP contribution in [0.5, 0.6) is 5.75 Å². The first-order chi connectivity index (χ1) is 18.5. The number of aliphatic hydroxyl groups excluding tert-OH is 1. The molecule has 0 radical (unpaired) electrons. The number of rotatable bonds is 12. The Bertz CT molecular complexity index is 1260. The Hall–Kier alpha value is -3.48. The minimum absolute atomic E-state index is 0.0471. The Morgan fingerprint density at radius 1 is 1.24 bits per heavy atom. The third kappa shape index (κ3) is 6.50. The zero-order chi connectivity index (χ0) is 26.5. The van der Waals surface area contributed by atoms with Gasteiger partial charge in [-0.25, -0.2) is 9.78 Å².